The van der Waals surface area contributed by atoms with Crippen molar-refractivity contribution in [1.82, 2.24) is 20.2 Å². The fraction of sp³-hybridized carbons (Fsp3) is 0.176. The maximum Gasteiger partial charge on any atom is 0.242 e. The van der Waals surface area contributed by atoms with Crippen LogP contribution in [0.4, 0.5) is 5.69 Å². The van der Waals surface area contributed by atoms with E-state index in [1.165, 1.54) is 16.4 Å². The summed E-state index contributed by atoms with van der Waals surface area (Å²) in [7, 11) is 1.74. The summed E-state index contributed by atoms with van der Waals surface area (Å²) in [6, 6.07) is 15.0. The minimum absolute atomic E-state index is 0.167. The van der Waals surface area contributed by atoms with Crippen LogP contribution in [-0.2, 0) is 11.8 Å². The number of hydrogen-bond donors (Lipinski definition) is 1. The average molecular weight is 374 g/mol. The Balaban J connectivity index is 1.86. The lowest BCUT2D eigenvalue weighted by Crippen LogP contribution is -2.19. The van der Waals surface area contributed by atoms with E-state index in [-0.39, 0.29) is 5.91 Å². The monoisotopic (exact) mass is 373 g/mol. The van der Waals surface area contributed by atoms with Crippen molar-refractivity contribution in [2.24, 2.45) is 7.05 Å². The van der Waals surface area contributed by atoms with Gasteiger partial charge in [-0.1, -0.05) is 59.8 Å². The SMILES string of the molecule is Cc1ccc(NC(=O)C(Sc2nnnn2C)c2ccccc2)cc1Cl. The summed E-state index contributed by atoms with van der Waals surface area (Å²) in [6.07, 6.45) is 0. The number of halogens is 1. The molecule has 0 aliphatic heterocycles. The molecule has 2 aromatic carbocycles. The highest BCUT2D eigenvalue weighted by molar-refractivity contribution is 8.00. The molecule has 0 radical (unpaired) electrons. The number of tetrazole rings is 1. The van der Waals surface area contributed by atoms with Crippen LogP contribution in [0.1, 0.15) is 16.4 Å². The molecule has 1 heterocycles. The summed E-state index contributed by atoms with van der Waals surface area (Å²) >= 11 is 7.44. The second-order valence-electron chi connectivity index (χ2n) is 5.45. The Morgan fingerprint density at radius 1 is 1.24 bits per heavy atom. The second-order valence-corrected chi connectivity index (χ2v) is 6.93. The van der Waals surface area contributed by atoms with Gasteiger partial charge in [-0.3, -0.25) is 4.79 Å². The molecule has 0 fully saturated rings. The van der Waals surface area contributed by atoms with E-state index >= 15 is 0 Å². The van der Waals surface area contributed by atoms with Crippen LogP contribution >= 0.6 is 23.4 Å². The van der Waals surface area contributed by atoms with Gasteiger partial charge in [0.05, 0.1) is 0 Å². The van der Waals surface area contributed by atoms with Crippen molar-refractivity contribution in [2.45, 2.75) is 17.3 Å². The number of thioether (sulfide) groups is 1. The minimum Gasteiger partial charge on any atom is -0.325 e. The number of carbonyl (C=O) groups is 1. The second kappa shape index (κ2) is 7.67. The van der Waals surface area contributed by atoms with Crippen molar-refractivity contribution >= 4 is 35.0 Å². The molecule has 1 amide bonds. The van der Waals surface area contributed by atoms with Gasteiger partial charge in [0.15, 0.2) is 0 Å². The normalized spacial score (nSPS) is 12.0. The number of aryl methyl sites for hydroxylation is 2. The van der Waals surface area contributed by atoms with Crippen molar-refractivity contribution < 1.29 is 4.79 Å². The number of rotatable bonds is 5. The molecule has 0 saturated heterocycles. The first-order chi connectivity index (χ1) is 12.0. The van der Waals surface area contributed by atoms with Crippen LogP contribution in [0.5, 0.6) is 0 Å². The number of amides is 1. The van der Waals surface area contributed by atoms with Gasteiger partial charge in [-0.05, 0) is 40.6 Å². The molecule has 1 unspecified atom stereocenters. The van der Waals surface area contributed by atoms with Crippen molar-refractivity contribution in [3.63, 3.8) is 0 Å². The third kappa shape index (κ3) is 4.18. The quantitative estimate of drug-likeness (QED) is 0.691. The third-order valence-corrected chi connectivity index (χ3v) is 5.27. The Morgan fingerprint density at radius 2 is 2.00 bits per heavy atom. The van der Waals surface area contributed by atoms with E-state index in [0.717, 1.165) is 11.1 Å². The fourth-order valence-electron chi connectivity index (χ4n) is 2.21. The number of nitrogens with one attached hydrogen (secondary N) is 1. The highest BCUT2D eigenvalue weighted by Gasteiger charge is 2.24. The first kappa shape index (κ1) is 17.4. The molecule has 1 atom stereocenters. The predicted octanol–water partition coefficient (Wildman–Crippen LogP) is 3.64. The molecule has 1 N–H and O–H groups in total. The summed E-state index contributed by atoms with van der Waals surface area (Å²) in [5, 5.41) is 15.0. The lowest BCUT2D eigenvalue weighted by Gasteiger charge is -2.16. The highest BCUT2D eigenvalue weighted by Crippen LogP contribution is 2.34. The van der Waals surface area contributed by atoms with Crippen molar-refractivity contribution in [3.8, 4) is 0 Å². The molecule has 3 aromatic rings. The highest BCUT2D eigenvalue weighted by atomic mass is 35.5. The van der Waals surface area contributed by atoms with Gasteiger partial charge in [-0.2, -0.15) is 0 Å². The molecule has 8 heteroatoms. The van der Waals surface area contributed by atoms with E-state index in [9.17, 15) is 4.79 Å². The average Bonchev–Trinajstić information content (AvgIpc) is 3.01. The Labute approximate surface area is 154 Å². The largest absolute Gasteiger partial charge is 0.325 e. The molecule has 0 bridgehead atoms. The van der Waals surface area contributed by atoms with Crippen LogP contribution in [0.25, 0.3) is 0 Å². The Hall–Kier alpha value is -2.38. The number of aromatic nitrogens is 4. The van der Waals surface area contributed by atoms with E-state index in [4.69, 9.17) is 11.6 Å². The summed E-state index contributed by atoms with van der Waals surface area (Å²) < 4.78 is 1.54. The van der Waals surface area contributed by atoms with Crippen LogP contribution in [0.15, 0.2) is 53.7 Å². The van der Waals surface area contributed by atoms with E-state index in [2.05, 4.69) is 20.8 Å². The molecule has 6 nitrogen and oxygen atoms in total. The molecule has 0 saturated carbocycles. The molecule has 3 rings (SSSR count). The number of nitrogens with zero attached hydrogens (tertiary/aromatic N) is 4. The Bertz CT molecular complexity index is 884. The summed E-state index contributed by atoms with van der Waals surface area (Å²) in [6.45, 7) is 1.91. The Kier molecular flexibility index (Phi) is 5.35. The molecular formula is C17H16ClN5OS. The van der Waals surface area contributed by atoms with Crippen LogP contribution in [0.3, 0.4) is 0 Å². The van der Waals surface area contributed by atoms with E-state index < -0.39 is 5.25 Å². The third-order valence-electron chi connectivity index (χ3n) is 3.58. The van der Waals surface area contributed by atoms with Gasteiger partial charge >= 0.3 is 0 Å². The van der Waals surface area contributed by atoms with E-state index in [1.54, 1.807) is 13.1 Å². The molecule has 128 valence electrons. The molecule has 0 spiro atoms. The number of carbonyl (C=O) groups excluding carboxylic acids is 1. The van der Waals surface area contributed by atoms with Crippen molar-refractivity contribution in [3.05, 3.63) is 64.7 Å². The van der Waals surface area contributed by atoms with Gasteiger partial charge in [0, 0.05) is 17.8 Å². The number of benzene rings is 2. The summed E-state index contributed by atoms with van der Waals surface area (Å²) in [4.78, 5) is 12.9. The first-order valence-corrected chi connectivity index (χ1v) is 8.81. The Morgan fingerprint density at radius 3 is 2.64 bits per heavy atom. The standard InChI is InChI=1S/C17H16ClN5OS/c1-11-8-9-13(10-14(11)18)19-16(24)15(12-6-4-3-5-7-12)25-17-20-21-22-23(17)2/h3-10,15H,1-2H3,(H,19,24). The fourth-order valence-corrected chi connectivity index (χ4v) is 3.33. The molecule has 25 heavy (non-hydrogen) atoms. The maximum absolute atomic E-state index is 12.9. The van der Waals surface area contributed by atoms with Crippen molar-refractivity contribution in [2.75, 3.05) is 5.32 Å². The summed E-state index contributed by atoms with van der Waals surface area (Å²) in [5.74, 6) is -0.167. The lowest BCUT2D eigenvalue weighted by atomic mass is 10.1. The van der Waals surface area contributed by atoms with Gasteiger partial charge in [0.2, 0.25) is 11.1 Å². The molecule has 0 aliphatic rings. The van der Waals surface area contributed by atoms with Gasteiger partial charge in [-0.25, -0.2) is 4.68 Å². The van der Waals surface area contributed by atoms with Crippen LogP contribution in [-0.4, -0.2) is 26.1 Å². The van der Waals surface area contributed by atoms with Gasteiger partial charge in [-0.15, -0.1) is 5.10 Å². The topological polar surface area (TPSA) is 72.7 Å². The van der Waals surface area contributed by atoms with Gasteiger partial charge < -0.3 is 5.32 Å². The van der Waals surface area contributed by atoms with Crippen LogP contribution in [0, 0.1) is 6.92 Å². The smallest absolute Gasteiger partial charge is 0.242 e. The van der Waals surface area contributed by atoms with Gasteiger partial charge in [0.25, 0.3) is 0 Å². The van der Waals surface area contributed by atoms with Crippen LogP contribution < -0.4 is 5.32 Å². The van der Waals surface area contributed by atoms with E-state index in [1.807, 2.05) is 49.4 Å². The zero-order valence-corrected chi connectivity index (χ0v) is 15.3. The van der Waals surface area contributed by atoms with Crippen molar-refractivity contribution in [1.29, 1.82) is 0 Å². The van der Waals surface area contributed by atoms with Gasteiger partial charge in [0.1, 0.15) is 5.25 Å². The first-order valence-electron chi connectivity index (χ1n) is 7.55. The number of anilines is 1. The number of hydrogen-bond acceptors (Lipinski definition) is 5. The molecule has 1 aromatic heterocycles. The summed E-state index contributed by atoms with van der Waals surface area (Å²) in [5.41, 5.74) is 2.48. The maximum atomic E-state index is 12.9. The minimum atomic E-state index is -0.494. The van der Waals surface area contributed by atoms with Crippen LogP contribution in [0.2, 0.25) is 5.02 Å². The van der Waals surface area contributed by atoms with E-state index in [0.29, 0.717) is 15.9 Å². The lowest BCUT2D eigenvalue weighted by molar-refractivity contribution is -0.115. The predicted molar refractivity (Wildman–Crippen MR) is 98.7 cm³/mol. The zero-order valence-electron chi connectivity index (χ0n) is 13.7. The molecular weight excluding hydrogens is 358 g/mol. The molecule has 0 aliphatic carbocycles. The zero-order chi connectivity index (χ0) is 17.8.